The van der Waals surface area contributed by atoms with E-state index in [1.807, 2.05) is 11.5 Å². The van der Waals surface area contributed by atoms with Crippen LogP contribution in [0.2, 0.25) is 0 Å². The molecule has 1 aromatic rings. The molecule has 1 fully saturated rings. The number of nitrogens with zero attached hydrogens (tertiary/aromatic N) is 3. The molecule has 84 valence electrons. The van der Waals surface area contributed by atoms with Crippen molar-refractivity contribution in [3.63, 3.8) is 0 Å². The zero-order valence-electron chi connectivity index (χ0n) is 8.76. The van der Waals surface area contributed by atoms with Crippen molar-refractivity contribution in [3.8, 4) is 0 Å². The molecule has 2 atom stereocenters. The van der Waals surface area contributed by atoms with E-state index in [4.69, 9.17) is 4.74 Å². The van der Waals surface area contributed by atoms with E-state index in [9.17, 15) is 5.11 Å². The molecule has 15 heavy (non-hydrogen) atoms. The highest BCUT2D eigenvalue weighted by atomic mass is 16.5. The van der Waals surface area contributed by atoms with E-state index < -0.39 is 6.10 Å². The van der Waals surface area contributed by atoms with Crippen LogP contribution in [0.3, 0.4) is 0 Å². The molecule has 0 amide bonds. The van der Waals surface area contributed by atoms with Crippen molar-refractivity contribution in [2.75, 3.05) is 13.2 Å². The van der Waals surface area contributed by atoms with Crippen LogP contribution in [0.5, 0.6) is 0 Å². The lowest BCUT2D eigenvalue weighted by Gasteiger charge is -2.13. The topological polar surface area (TPSA) is 72.2 Å². The van der Waals surface area contributed by atoms with Crippen molar-refractivity contribution in [3.05, 3.63) is 12.2 Å². The molecule has 2 N–H and O–H groups in total. The van der Waals surface area contributed by atoms with Gasteiger partial charge in [-0.2, -0.15) is 0 Å². The van der Waals surface area contributed by atoms with Crippen LogP contribution >= 0.6 is 0 Å². The van der Waals surface area contributed by atoms with Gasteiger partial charge in [-0.05, 0) is 6.92 Å². The number of hydrogen-bond acceptors (Lipinski definition) is 5. The number of nitrogens with one attached hydrogen (secondary N) is 1. The third-order valence-corrected chi connectivity index (χ3v) is 2.61. The van der Waals surface area contributed by atoms with Crippen molar-refractivity contribution < 1.29 is 9.84 Å². The van der Waals surface area contributed by atoms with Gasteiger partial charge in [0.2, 0.25) is 0 Å². The standard InChI is InChI=1S/C9H16N4O2/c1-2-13-6-11-12-9(13)3-10-7-4-15-5-8(7)14/h6-8,10,14H,2-5H2,1H3. The molecule has 6 nitrogen and oxygen atoms in total. The van der Waals surface area contributed by atoms with Gasteiger partial charge in [0, 0.05) is 6.54 Å². The fourth-order valence-electron chi connectivity index (χ4n) is 1.64. The number of aliphatic hydroxyl groups excluding tert-OH is 1. The van der Waals surface area contributed by atoms with Crippen molar-refractivity contribution >= 4 is 0 Å². The summed E-state index contributed by atoms with van der Waals surface area (Å²) >= 11 is 0. The predicted octanol–water partition coefficient (Wildman–Crippen LogP) is -0.853. The van der Waals surface area contributed by atoms with Crippen LogP contribution in [0.25, 0.3) is 0 Å². The number of hydrogen-bond donors (Lipinski definition) is 2. The van der Waals surface area contributed by atoms with Crippen LogP contribution < -0.4 is 5.32 Å². The molecule has 1 aliphatic rings. The molecule has 0 aliphatic carbocycles. The molecule has 1 aliphatic heterocycles. The normalized spacial score (nSPS) is 26.0. The van der Waals surface area contributed by atoms with Crippen LogP contribution in [-0.2, 0) is 17.8 Å². The molecule has 1 aromatic heterocycles. The number of aryl methyl sites for hydroxylation is 1. The zero-order chi connectivity index (χ0) is 10.7. The third kappa shape index (κ3) is 2.34. The number of rotatable bonds is 4. The summed E-state index contributed by atoms with van der Waals surface area (Å²) in [7, 11) is 0. The van der Waals surface area contributed by atoms with E-state index in [1.54, 1.807) is 6.33 Å². The molecular weight excluding hydrogens is 196 g/mol. The number of aromatic nitrogens is 3. The van der Waals surface area contributed by atoms with Crippen LogP contribution in [0.15, 0.2) is 6.33 Å². The Kier molecular flexibility index (Phi) is 3.30. The van der Waals surface area contributed by atoms with Crippen molar-refractivity contribution in [2.45, 2.75) is 32.2 Å². The second-order valence-corrected chi connectivity index (χ2v) is 3.63. The van der Waals surface area contributed by atoms with Crippen LogP contribution in [0.1, 0.15) is 12.7 Å². The maximum atomic E-state index is 9.51. The Labute approximate surface area is 88.3 Å². The van der Waals surface area contributed by atoms with Gasteiger partial charge in [0.25, 0.3) is 0 Å². The summed E-state index contributed by atoms with van der Waals surface area (Å²) in [4.78, 5) is 0. The highest BCUT2D eigenvalue weighted by molar-refractivity contribution is 4.88. The summed E-state index contributed by atoms with van der Waals surface area (Å²) in [5, 5.41) is 20.6. The highest BCUT2D eigenvalue weighted by Gasteiger charge is 2.25. The van der Waals surface area contributed by atoms with Gasteiger partial charge in [-0.3, -0.25) is 0 Å². The Morgan fingerprint density at radius 1 is 1.67 bits per heavy atom. The highest BCUT2D eigenvalue weighted by Crippen LogP contribution is 2.06. The summed E-state index contributed by atoms with van der Waals surface area (Å²) in [6, 6.07) is 0.00649. The maximum absolute atomic E-state index is 9.51. The fourth-order valence-corrected chi connectivity index (χ4v) is 1.64. The second-order valence-electron chi connectivity index (χ2n) is 3.63. The first-order valence-corrected chi connectivity index (χ1v) is 5.17. The summed E-state index contributed by atoms with van der Waals surface area (Å²) in [6.45, 7) is 4.48. The maximum Gasteiger partial charge on any atom is 0.146 e. The average molecular weight is 212 g/mol. The van der Waals surface area contributed by atoms with Crippen LogP contribution in [0.4, 0.5) is 0 Å². The van der Waals surface area contributed by atoms with Gasteiger partial charge in [0.15, 0.2) is 0 Å². The van der Waals surface area contributed by atoms with Gasteiger partial charge >= 0.3 is 0 Å². The van der Waals surface area contributed by atoms with E-state index in [0.717, 1.165) is 12.4 Å². The van der Waals surface area contributed by atoms with Gasteiger partial charge in [-0.1, -0.05) is 0 Å². The van der Waals surface area contributed by atoms with E-state index >= 15 is 0 Å². The molecule has 0 spiro atoms. The minimum atomic E-state index is -0.414. The van der Waals surface area contributed by atoms with E-state index in [1.165, 1.54) is 0 Å². The lowest BCUT2D eigenvalue weighted by molar-refractivity contribution is 0.122. The van der Waals surface area contributed by atoms with Crippen molar-refractivity contribution in [1.82, 2.24) is 20.1 Å². The van der Waals surface area contributed by atoms with E-state index in [2.05, 4.69) is 15.5 Å². The fraction of sp³-hybridized carbons (Fsp3) is 0.778. The monoisotopic (exact) mass is 212 g/mol. The minimum absolute atomic E-state index is 0.00649. The van der Waals surface area contributed by atoms with Crippen LogP contribution in [-0.4, -0.2) is 45.2 Å². The second kappa shape index (κ2) is 4.69. The Bertz CT molecular complexity index is 315. The molecular formula is C9H16N4O2. The minimum Gasteiger partial charge on any atom is -0.389 e. The average Bonchev–Trinajstić information content (AvgIpc) is 2.83. The molecule has 2 unspecified atom stereocenters. The third-order valence-electron chi connectivity index (χ3n) is 2.61. The van der Waals surface area contributed by atoms with E-state index in [-0.39, 0.29) is 6.04 Å². The first-order chi connectivity index (χ1) is 7.31. The molecule has 0 saturated carbocycles. The van der Waals surface area contributed by atoms with Gasteiger partial charge in [0.1, 0.15) is 12.2 Å². The van der Waals surface area contributed by atoms with Gasteiger partial charge in [-0.25, -0.2) is 0 Å². The van der Waals surface area contributed by atoms with E-state index in [0.29, 0.717) is 19.8 Å². The lowest BCUT2D eigenvalue weighted by Crippen LogP contribution is -2.38. The van der Waals surface area contributed by atoms with Gasteiger partial charge < -0.3 is 19.7 Å². The molecule has 1 saturated heterocycles. The quantitative estimate of drug-likeness (QED) is 0.680. The lowest BCUT2D eigenvalue weighted by atomic mass is 10.2. The largest absolute Gasteiger partial charge is 0.389 e. The molecule has 0 aromatic carbocycles. The molecule has 0 radical (unpaired) electrons. The van der Waals surface area contributed by atoms with Crippen LogP contribution in [0, 0.1) is 0 Å². The molecule has 6 heteroatoms. The molecule has 2 rings (SSSR count). The zero-order valence-corrected chi connectivity index (χ0v) is 8.76. The Morgan fingerprint density at radius 2 is 2.53 bits per heavy atom. The first kappa shape index (κ1) is 10.5. The Balaban J connectivity index is 1.87. The SMILES string of the molecule is CCn1cnnc1CNC1COCC1O. The first-order valence-electron chi connectivity index (χ1n) is 5.17. The molecule has 2 heterocycles. The van der Waals surface area contributed by atoms with Crippen molar-refractivity contribution in [1.29, 1.82) is 0 Å². The summed E-state index contributed by atoms with van der Waals surface area (Å²) in [5.74, 6) is 0.886. The summed E-state index contributed by atoms with van der Waals surface area (Å²) in [5.41, 5.74) is 0. The van der Waals surface area contributed by atoms with Gasteiger partial charge in [-0.15, -0.1) is 10.2 Å². The predicted molar refractivity (Wildman–Crippen MR) is 53.1 cm³/mol. The summed E-state index contributed by atoms with van der Waals surface area (Å²) in [6.07, 6.45) is 1.29. The number of ether oxygens (including phenoxy) is 1. The Morgan fingerprint density at radius 3 is 3.20 bits per heavy atom. The van der Waals surface area contributed by atoms with Crippen molar-refractivity contribution in [2.24, 2.45) is 0 Å². The summed E-state index contributed by atoms with van der Waals surface area (Å²) < 4.78 is 7.11. The molecule has 0 bridgehead atoms. The van der Waals surface area contributed by atoms with Gasteiger partial charge in [0.05, 0.1) is 31.9 Å². The smallest absolute Gasteiger partial charge is 0.146 e. The number of aliphatic hydroxyl groups is 1. The Hall–Kier alpha value is -0.980.